The molecular formula is C18H17FN4S. The first kappa shape index (κ1) is 16.3. The lowest BCUT2D eigenvalue weighted by Gasteiger charge is -2.05. The van der Waals surface area contributed by atoms with Crippen LogP contribution in [0.5, 0.6) is 0 Å². The number of benzene rings is 2. The number of hydrogen-bond acceptors (Lipinski definition) is 3. The zero-order valence-electron chi connectivity index (χ0n) is 13.4. The van der Waals surface area contributed by atoms with Crippen molar-refractivity contribution in [2.45, 2.75) is 19.8 Å². The van der Waals surface area contributed by atoms with Gasteiger partial charge in [0, 0.05) is 0 Å². The summed E-state index contributed by atoms with van der Waals surface area (Å²) >= 11 is 5.20. The van der Waals surface area contributed by atoms with Crippen LogP contribution >= 0.6 is 12.2 Å². The summed E-state index contributed by atoms with van der Waals surface area (Å²) in [6, 6.07) is 14.5. The molecule has 0 unspecified atom stereocenters. The van der Waals surface area contributed by atoms with Crippen LogP contribution in [0.3, 0.4) is 0 Å². The highest BCUT2D eigenvalue weighted by Crippen LogP contribution is 2.20. The van der Waals surface area contributed by atoms with Gasteiger partial charge in [-0.2, -0.15) is 14.9 Å². The SMILES string of the molecule is CC(C)c1ccc(/C=N/n2c(-c3ccccc3F)n[nH]c2=S)cc1. The first-order valence-corrected chi connectivity index (χ1v) is 8.03. The minimum Gasteiger partial charge on any atom is -0.250 e. The number of nitrogens with one attached hydrogen (secondary N) is 1. The lowest BCUT2D eigenvalue weighted by Crippen LogP contribution is -1.97. The molecule has 0 fully saturated rings. The first-order chi connectivity index (χ1) is 11.6. The van der Waals surface area contributed by atoms with E-state index in [4.69, 9.17) is 12.2 Å². The van der Waals surface area contributed by atoms with Crippen LogP contribution in [-0.2, 0) is 0 Å². The summed E-state index contributed by atoms with van der Waals surface area (Å²) < 4.78 is 15.7. The molecule has 3 aromatic rings. The van der Waals surface area contributed by atoms with Gasteiger partial charge < -0.3 is 0 Å². The number of nitrogens with zero attached hydrogens (tertiary/aromatic N) is 3. The smallest absolute Gasteiger partial charge is 0.216 e. The van der Waals surface area contributed by atoms with Crippen LogP contribution in [0.2, 0.25) is 0 Å². The Morgan fingerprint density at radius 3 is 2.54 bits per heavy atom. The van der Waals surface area contributed by atoms with E-state index in [2.05, 4.69) is 41.3 Å². The summed E-state index contributed by atoms with van der Waals surface area (Å²) in [6.45, 7) is 4.29. The maximum Gasteiger partial charge on any atom is 0.216 e. The molecule has 0 aliphatic rings. The van der Waals surface area contributed by atoms with E-state index in [9.17, 15) is 4.39 Å². The standard InChI is InChI=1S/C18H17FN4S/c1-12(2)14-9-7-13(8-10-14)11-20-23-17(21-22-18(23)24)15-5-3-4-6-16(15)19/h3-12H,1-2H3,(H,22,24)/b20-11+. The van der Waals surface area contributed by atoms with E-state index in [1.165, 1.54) is 16.3 Å². The van der Waals surface area contributed by atoms with Gasteiger partial charge in [-0.15, -0.1) is 0 Å². The van der Waals surface area contributed by atoms with Gasteiger partial charge in [-0.25, -0.2) is 9.49 Å². The Morgan fingerprint density at radius 2 is 1.88 bits per heavy atom. The maximum atomic E-state index is 14.0. The fourth-order valence-electron chi connectivity index (χ4n) is 2.31. The van der Waals surface area contributed by atoms with Crippen molar-refractivity contribution in [2.24, 2.45) is 5.10 Å². The largest absolute Gasteiger partial charge is 0.250 e. The molecule has 0 atom stereocenters. The molecule has 1 N–H and O–H groups in total. The Hall–Kier alpha value is -2.60. The van der Waals surface area contributed by atoms with E-state index in [0.29, 0.717) is 22.1 Å². The van der Waals surface area contributed by atoms with E-state index in [-0.39, 0.29) is 5.82 Å². The molecule has 0 saturated carbocycles. The summed E-state index contributed by atoms with van der Waals surface area (Å²) in [4.78, 5) is 0. The fourth-order valence-corrected chi connectivity index (χ4v) is 2.49. The normalized spacial score (nSPS) is 11.5. The van der Waals surface area contributed by atoms with Gasteiger partial charge in [-0.1, -0.05) is 50.2 Å². The van der Waals surface area contributed by atoms with Crippen molar-refractivity contribution in [3.05, 3.63) is 70.2 Å². The molecule has 0 bridgehead atoms. The van der Waals surface area contributed by atoms with Crippen LogP contribution < -0.4 is 0 Å². The number of hydrogen-bond donors (Lipinski definition) is 1. The van der Waals surface area contributed by atoms with Crippen LogP contribution in [0.25, 0.3) is 11.4 Å². The molecule has 1 aromatic heterocycles. The molecule has 4 nitrogen and oxygen atoms in total. The van der Waals surface area contributed by atoms with Gasteiger partial charge in [-0.3, -0.25) is 0 Å². The molecule has 6 heteroatoms. The quantitative estimate of drug-likeness (QED) is 0.550. The van der Waals surface area contributed by atoms with Crippen LogP contribution in [0.1, 0.15) is 30.9 Å². The zero-order chi connectivity index (χ0) is 17.1. The number of H-pyrrole nitrogens is 1. The third-order valence-corrected chi connectivity index (χ3v) is 3.95. The second-order valence-corrected chi connectivity index (χ2v) is 6.10. The monoisotopic (exact) mass is 340 g/mol. The number of aromatic nitrogens is 3. The summed E-state index contributed by atoms with van der Waals surface area (Å²) in [6.07, 6.45) is 1.68. The molecule has 3 rings (SSSR count). The molecule has 0 saturated heterocycles. The average molecular weight is 340 g/mol. The molecule has 0 amide bonds. The lowest BCUT2D eigenvalue weighted by molar-refractivity contribution is 0.628. The van der Waals surface area contributed by atoms with E-state index in [1.807, 2.05) is 12.1 Å². The second kappa shape index (κ2) is 6.88. The minimum absolute atomic E-state index is 0.309. The topological polar surface area (TPSA) is 46.0 Å². The van der Waals surface area contributed by atoms with E-state index in [0.717, 1.165) is 5.56 Å². The van der Waals surface area contributed by atoms with Crippen molar-refractivity contribution >= 4 is 18.4 Å². The Labute approximate surface area is 144 Å². The molecule has 24 heavy (non-hydrogen) atoms. The van der Waals surface area contributed by atoms with Crippen molar-refractivity contribution in [3.63, 3.8) is 0 Å². The van der Waals surface area contributed by atoms with Gasteiger partial charge in [0.05, 0.1) is 11.8 Å². The van der Waals surface area contributed by atoms with Gasteiger partial charge in [-0.05, 0) is 41.4 Å². The van der Waals surface area contributed by atoms with Gasteiger partial charge >= 0.3 is 0 Å². The molecular weight excluding hydrogens is 323 g/mol. The average Bonchev–Trinajstić information content (AvgIpc) is 2.94. The zero-order valence-corrected chi connectivity index (χ0v) is 14.2. The highest BCUT2D eigenvalue weighted by molar-refractivity contribution is 7.71. The molecule has 2 aromatic carbocycles. The molecule has 0 aliphatic carbocycles. The highest BCUT2D eigenvalue weighted by Gasteiger charge is 2.12. The third kappa shape index (κ3) is 3.33. The summed E-state index contributed by atoms with van der Waals surface area (Å²) in [5, 5.41) is 11.1. The number of halogens is 1. The van der Waals surface area contributed by atoms with E-state index < -0.39 is 0 Å². The van der Waals surface area contributed by atoms with Crippen LogP contribution in [0.4, 0.5) is 4.39 Å². The van der Waals surface area contributed by atoms with E-state index in [1.54, 1.807) is 24.4 Å². The van der Waals surface area contributed by atoms with Crippen molar-refractivity contribution in [1.29, 1.82) is 0 Å². The van der Waals surface area contributed by atoms with Crippen molar-refractivity contribution < 1.29 is 4.39 Å². The number of rotatable bonds is 4. The van der Waals surface area contributed by atoms with Gasteiger partial charge in [0.25, 0.3) is 0 Å². The van der Waals surface area contributed by atoms with Crippen molar-refractivity contribution in [2.75, 3.05) is 0 Å². The lowest BCUT2D eigenvalue weighted by atomic mass is 10.0. The Kier molecular flexibility index (Phi) is 4.66. The molecule has 0 aliphatic heterocycles. The highest BCUT2D eigenvalue weighted by atomic mass is 32.1. The number of aromatic amines is 1. The molecule has 0 radical (unpaired) electrons. The minimum atomic E-state index is -0.371. The van der Waals surface area contributed by atoms with Crippen LogP contribution in [-0.4, -0.2) is 21.1 Å². The van der Waals surface area contributed by atoms with Gasteiger partial charge in [0.15, 0.2) is 5.82 Å². The first-order valence-electron chi connectivity index (χ1n) is 7.63. The van der Waals surface area contributed by atoms with Crippen molar-refractivity contribution in [1.82, 2.24) is 14.9 Å². The van der Waals surface area contributed by atoms with Crippen molar-refractivity contribution in [3.8, 4) is 11.4 Å². The third-order valence-electron chi connectivity index (χ3n) is 3.69. The van der Waals surface area contributed by atoms with Gasteiger partial charge in [0.2, 0.25) is 4.77 Å². The Balaban J connectivity index is 1.95. The molecule has 1 heterocycles. The Bertz CT molecular complexity index is 923. The fraction of sp³-hybridized carbons (Fsp3) is 0.167. The van der Waals surface area contributed by atoms with E-state index >= 15 is 0 Å². The summed E-state index contributed by atoms with van der Waals surface area (Å²) in [7, 11) is 0. The van der Waals surface area contributed by atoms with Crippen LogP contribution in [0, 0.1) is 10.6 Å². The van der Waals surface area contributed by atoms with Gasteiger partial charge in [0.1, 0.15) is 5.82 Å². The molecule has 0 spiro atoms. The summed E-state index contributed by atoms with van der Waals surface area (Å²) in [5.74, 6) is 0.448. The second-order valence-electron chi connectivity index (χ2n) is 5.71. The molecule has 122 valence electrons. The Morgan fingerprint density at radius 1 is 1.17 bits per heavy atom. The predicted molar refractivity (Wildman–Crippen MR) is 96.3 cm³/mol. The maximum absolute atomic E-state index is 14.0. The predicted octanol–water partition coefficient (Wildman–Crippen LogP) is 4.75. The summed E-state index contributed by atoms with van der Waals surface area (Å²) in [5.41, 5.74) is 2.54. The van der Waals surface area contributed by atoms with Crippen LogP contribution in [0.15, 0.2) is 53.6 Å².